The Labute approximate surface area is 163 Å². The van der Waals surface area contributed by atoms with Crippen molar-refractivity contribution in [2.75, 3.05) is 6.54 Å². The third-order valence-electron chi connectivity index (χ3n) is 4.60. The largest absolute Gasteiger partial charge is 0.339 e. The van der Waals surface area contributed by atoms with Crippen LogP contribution in [0.1, 0.15) is 22.6 Å². The molecule has 28 heavy (non-hydrogen) atoms. The Morgan fingerprint density at radius 3 is 2.61 bits per heavy atom. The second kappa shape index (κ2) is 6.94. The standard InChI is InChI=1S/C20H17N5O2S/c1-24-13-19(22-14-24)28(26,27)25-12-18(17-9-5-6-15(10-17)11-21)20(23-25)16-7-3-2-4-8-16/h2-10,13-14,18H,12H2,1H3. The molecule has 3 aromatic rings. The van der Waals surface area contributed by atoms with Gasteiger partial charge in [0.05, 0.1) is 30.2 Å². The summed E-state index contributed by atoms with van der Waals surface area (Å²) in [5.74, 6) is -0.283. The van der Waals surface area contributed by atoms with E-state index in [4.69, 9.17) is 0 Å². The number of nitriles is 1. The van der Waals surface area contributed by atoms with Crippen LogP contribution < -0.4 is 0 Å². The molecule has 1 aliphatic heterocycles. The molecule has 1 unspecified atom stereocenters. The molecule has 140 valence electrons. The average molecular weight is 391 g/mol. The van der Waals surface area contributed by atoms with Crippen LogP contribution in [0.25, 0.3) is 0 Å². The van der Waals surface area contributed by atoms with E-state index in [0.717, 1.165) is 15.5 Å². The Bertz CT molecular complexity index is 1190. The Morgan fingerprint density at radius 2 is 1.93 bits per heavy atom. The Morgan fingerprint density at radius 1 is 1.14 bits per heavy atom. The number of hydrogen-bond acceptors (Lipinski definition) is 5. The monoisotopic (exact) mass is 391 g/mol. The maximum Gasteiger partial charge on any atom is 0.298 e. The van der Waals surface area contributed by atoms with E-state index in [1.807, 2.05) is 36.4 Å². The molecular weight excluding hydrogens is 374 g/mol. The minimum Gasteiger partial charge on any atom is -0.339 e. The molecule has 0 amide bonds. The molecule has 2 aromatic carbocycles. The van der Waals surface area contributed by atoms with Crippen molar-refractivity contribution in [2.24, 2.45) is 12.1 Å². The topological polar surface area (TPSA) is 91.4 Å². The summed E-state index contributed by atoms with van der Waals surface area (Å²) in [5, 5.41) is 13.6. The minimum atomic E-state index is -3.87. The first-order chi connectivity index (χ1) is 13.5. The van der Waals surface area contributed by atoms with Crippen LogP contribution in [0.3, 0.4) is 0 Å². The number of hydrazone groups is 1. The number of rotatable bonds is 4. The summed E-state index contributed by atoms with van der Waals surface area (Å²) in [6.45, 7) is 0.151. The zero-order chi connectivity index (χ0) is 19.7. The van der Waals surface area contributed by atoms with Crippen molar-refractivity contribution in [3.63, 3.8) is 0 Å². The van der Waals surface area contributed by atoms with Gasteiger partial charge in [-0.2, -0.15) is 23.2 Å². The van der Waals surface area contributed by atoms with Crippen molar-refractivity contribution in [1.82, 2.24) is 14.0 Å². The Hall–Kier alpha value is -3.44. The SMILES string of the molecule is Cn1cnc(S(=O)(=O)N2CC(c3cccc(C#N)c3)C(c3ccccc3)=N2)c1. The summed E-state index contributed by atoms with van der Waals surface area (Å²) in [5.41, 5.74) is 2.86. The normalized spacial score (nSPS) is 16.6. The van der Waals surface area contributed by atoms with E-state index in [-0.39, 0.29) is 17.5 Å². The van der Waals surface area contributed by atoms with E-state index in [2.05, 4.69) is 16.2 Å². The number of aryl methyl sites for hydroxylation is 1. The average Bonchev–Trinajstić information content (AvgIpc) is 3.36. The van der Waals surface area contributed by atoms with Gasteiger partial charge in [0.15, 0.2) is 5.03 Å². The quantitative estimate of drug-likeness (QED) is 0.683. The maximum atomic E-state index is 13.0. The highest BCUT2D eigenvalue weighted by Crippen LogP contribution is 2.32. The fourth-order valence-electron chi connectivity index (χ4n) is 3.21. The number of benzene rings is 2. The molecule has 0 N–H and O–H groups in total. The highest BCUT2D eigenvalue weighted by Gasteiger charge is 2.37. The molecule has 4 rings (SSSR count). The lowest BCUT2D eigenvalue weighted by Gasteiger charge is -2.16. The summed E-state index contributed by atoms with van der Waals surface area (Å²) >= 11 is 0. The summed E-state index contributed by atoms with van der Waals surface area (Å²) in [4.78, 5) is 3.98. The van der Waals surface area contributed by atoms with Crippen molar-refractivity contribution < 1.29 is 8.42 Å². The lowest BCUT2D eigenvalue weighted by atomic mass is 9.90. The summed E-state index contributed by atoms with van der Waals surface area (Å²) < 4.78 is 28.7. The van der Waals surface area contributed by atoms with Crippen LogP contribution in [0.15, 0.2) is 77.2 Å². The zero-order valence-electron chi connectivity index (χ0n) is 15.1. The predicted molar refractivity (Wildman–Crippen MR) is 104 cm³/mol. The van der Waals surface area contributed by atoms with Gasteiger partial charge in [-0.3, -0.25) is 0 Å². The molecule has 0 spiro atoms. The smallest absolute Gasteiger partial charge is 0.298 e. The molecule has 0 radical (unpaired) electrons. The fourth-order valence-corrected chi connectivity index (χ4v) is 4.45. The highest BCUT2D eigenvalue weighted by molar-refractivity contribution is 7.89. The highest BCUT2D eigenvalue weighted by atomic mass is 32.2. The summed E-state index contributed by atoms with van der Waals surface area (Å²) in [6.07, 6.45) is 2.90. The molecule has 2 heterocycles. The first kappa shape index (κ1) is 17.9. The second-order valence-electron chi connectivity index (χ2n) is 6.53. The lowest BCUT2D eigenvalue weighted by molar-refractivity contribution is 0.449. The molecule has 1 aromatic heterocycles. The molecule has 0 saturated carbocycles. The molecule has 7 nitrogen and oxygen atoms in total. The van der Waals surface area contributed by atoms with Crippen molar-refractivity contribution in [1.29, 1.82) is 5.26 Å². The maximum absolute atomic E-state index is 13.0. The van der Waals surface area contributed by atoms with Crippen LogP contribution in [-0.4, -0.2) is 34.6 Å². The molecule has 0 aliphatic carbocycles. The van der Waals surface area contributed by atoms with Crippen LogP contribution in [0.5, 0.6) is 0 Å². The van der Waals surface area contributed by atoms with Crippen molar-refractivity contribution in [3.8, 4) is 6.07 Å². The molecule has 0 saturated heterocycles. The van der Waals surface area contributed by atoms with Gasteiger partial charge in [-0.05, 0) is 23.3 Å². The molecular formula is C20H17N5O2S. The minimum absolute atomic E-state index is 0.0439. The number of imidazole rings is 1. The Balaban J connectivity index is 1.79. The summed E-state index contributed by atoms with van der Waals surface area (Å²) in [6, 6.07) is 18.8. The molecule has 0 fully saturated rings. The predicted octanol–water partition coefficient (Wildman–Crippen LogP) is 2.48. The molecule has 0 bridgehead atoms. The van der Waals surface area contributed by atoms with Gasteiger partial charge in [0.25, 0.3) is 10.0 Å². The van der Waals surface area contributed by atoms with Gasteiger partial charge in [0.2, 0.25) is 0 Å². The number of hydrogen-bond donors (Lipinski definition) is 0. The van der Waals surface area contributed by atoms with Gasteiger partial charge in [-0.15, -0.1) is 0 Å². The van der Waals surface area contributed by atoms with E-state index >= 15 is 0 Å². The van der Waals surface area contributed by atoms with Crippen molar-refractivity contribution >= 4 is 15.7 Å². The van der Waals surface area contributed by atoms with Crippen LogP contribution >= 0.6 is 0 Å². The van der Waals surface area contributed by atoms with E-state index < -0.39 is 10.0 Å². The van der Waals surface area contributed by atoms with Gasteiger partial charge in [-0.25, -0.2) is 4.98 Å². The van der Waals surface area contributed by atoms with Gasteiger partial charge in [0.1, 0.15) is 0 Å². The number of sulfonamides is 1. The van der Waals surface area contributed by atoms with E-state index in [1.165, 1.54) is 12.5 Å². The van der Waals surface area contributed by atoms with Gasteiger partial charge < -0.3 is 4.57 Å². The Kier molecular flexibility index (Phi) is 4.45. The van der Waals surface area contributed by atoms with E-state index in [9.17, 15) is 13.7 Å². The first-order valence-electron chi connectivity index (χ1n) is 8.64. The van der Waals surface area contributed by atoms with E-state index in [0.29, 0.717) is 11.3 Å². The summed E-state index contributed by atoms with van der Waals surface area (Å²) in [7, 11) is -2.15. The molecule has 1 atom stereocenters. The third kappa shape index (κ3) is 3.17. The van der Waals surface area contributed by atoms with Gasteiger partial charge >= 0.3 is 0 Å². The van der Waals surface area contributed by atoms with Crippen molar-refractivity contribution in [2.45, 2.75) is 10.9 Å². The lowest BCUT2D eigenvalue weighted by Crippen LogP contribution is -2.26. The zero-order valence-corrected chi connectivity index (χ0v) is 15.9. The first-order valence-corrected chi connectivity index (χ1v) is 10.1. The third-order valence-corrected chi connectivity index (χ3v) is 6.12. The van der Waals surface area contributed by atoms with Crippen LogP contribution in [0.2, 0.25) is 0 Å². The number of aromatic nitrogens is 2. The van der Waals surface area contributed by atoms with Gasteiger partial charge in [-0.1, -0.05) is 42.5 Å². The van der Waals surface area contributed by atoms with Crippen LogP contribution in [-0.2, 0) is 17.1 Å². The van der Waals surface area contributed by atoms with Crippen molar-refractivity contribution in [3.05, 3.63) is 83.8 Å². The number of nitrogens with zero attached hydrogens (tertiary/aromatic N) is 5. The van der Waals surface area contributed by atoms with Crippen LogP contribution in [0, 0.1) is 11.3 Å². The molecule has 8 heteroatoms. The van der Waals surface area contributed by atoms with Gasteiger partial charge in [0, 0.05) is 19.2 Å². The van der Waals surface area contributed by atoms with E-state index in [1.54, 1.807) is 29.8 Å². The fraction of sp³-hybridized carbons (Fsp3) is 0.150. The molecule has 1 aliphatic rings. The second-order valence-corrected chi connectivity index (χ2v) is 8.32. The van der Waals surface area contributed by atoms with Crippen LogP contribution in [0.4, 0.5) is 0 Å².